The summed E-state index contributed by atoms with van der Waals surface area (Å²) in [5.41, 5.74) is 6.33. The summed E-state index contributed by atoms with van der Waals surface area (Å²) in [6.07, 6.45) is 1.72. The van der Waals surface area contributed by atoms with Crippen LogP contribution < -0.4 is 10.6 Å². The van der Waals surface area contributed by atoms with E-state index in [9.17, 15) is 0 Å². The summed E-state index contributed by atoms with van der Waals surface area (Å²) in [4.78, 5) is 6.42. The fourth-order valence-corrected chi connectivity index (χ4v) is 1.10. The van der Waals surface area contributed by atoms with Crippen LogP contribution in [0, 0.1) is 0 Å². The number of anilines is 1. The Morgan fingerprint density at radius 1 is 1.58 bits per heavy atom. The second-order valence-electron chi connectivity index (χ2n) is 2.63. The Balaban J connectivity index is 3.17. The van der Waals surface area contributed by atoms with Crippen LogP contribution in [0.5, 0.6) is 0 Å². The summed E-state index contributed by atoms with van der Waals surface area (Å²) in [6.45, 7) is 0. The lowest BCUT2D eigenvalue weighted by Gasteiger charge is -2.14. The summed E-state index contributed by atoms with van der Waals surface area (Å²) in [6, 6.07) is 3.69. The molecule has 0 atom stereocenters. The molecule has 0 spiro atoms. The maximum Gasteiger partial charge on any atom is 0.138 e. The first kappa shape index (κ1) is 8.93. The van der Waals surface area contributed by atoms with Gasteiger partial charge in [-0.2, -0.15) is 0 Å². The molecule has 0 radical (unpaired) electrons. The zero-order valence-corrected chi connectivity index (χ0v) is 7.93. The van der Waals surface area contributed by atoms with Crippen LogP contribution in [0.1, 0.15) is 5.56 Å². The standard InChI is InChI=1S/C8H11N3S/c1-11(2)8-6(7(9)12)4-3-5-10-8/h3-5H,1-2H3,(H2,9,12). The molecule has 3 nitrogen and oxygen atoms in total. The van der Waals surface area contributed by atoms with E-state index in [-0.39, 0.29) is 0 Å². The Hall–Kier alpha value is -1.16. The summed E-state index contributed by atoms with van der Waals surface area (Å²) in [5, 5.41) is 0. The van der Waals surface area contributed by atoms with Crippen molar-refractivity contribution < 1.29 is 0 Å². The Kier molecular flexibility index (Phi) is 2.60. The molecule has 0 aliphatic carbocycles. The van der Waals surface area contributed by atoms with Crippen molar-refractivity contribution in [2.24, 2.45) is 5.73 Å². The van der Waals surface area contributed by atoms with Crippen molar-refractivity contribution in [3.05, 3.63) is 23.9 Å². The van der Waals surface area contributed by atoms with Crippen LogP contribution in [0.15, 0.2) is 18.3 Å². The second kappa shape index (κ2) is 3.49. The minimum absolute atomic E-state index is 0.381. The molecule has 0 amide bonds. The third kappa shape index (κ3) is 1.71. The number of aromatic nitrogens is 1. The molecule has 4 heteroatoms. The van der Waals surface area contributed by atoms with Gasteiger partial charge in [-0.15, -0.1) is 0 Å². The molecule has 64 valence electrons. The van der Waals surface area contributed by atoms with Gasteiger partial charge in [0.15, 0.2) is 0 Å². The molecule has 0 saturated heterocycles. The van der Waals surface area contributed by atoms with Gasteiger partial charge in [-0.3, -0.25) is 0 Å². The van der Waals surface area contributed by atoms with Gasteiger partial charge in [0.1, 0.15) is 10.8 Å². The minimum Gasteiger partial charge on any atom is -0.389 e. The largest absolute Gasteiger partial charge is 0.389 e. The molecule has 12 heavy (non-hydrogen) atoms. The van der Waals surface area contributed by atoms with Crippen LogP contribution in [0.3, 0.4) is 0 Å². The van der Waals surface area contributed by atoms with Crippen LogP contribution in [-0.4, -0.2) is 24.1 Å². The quantitative estimate of drug-likeness (QED) is 0.685. The molecular weight excluding hydrogens is 170 g/mol. The molecule has 1 aromatic rings. The van der Waals surface area contributed by atoms with E-state index in [1.807, 2.05) is 31.1 Å². The van der Waals surface area contributed by atoms with Gasteiger partial charge in [0, 0.05) is 20.3 Å². The summed E-state index contributed by atoms with van der Waals surface area (Å²) in [7, 11) is 3.81. The van der Waals surface area contributed by atoms with Crippen LogP contribution in [0.25, 0.3) is 0 Å². The molecule has 0 saturated carbocycles. The average molecular weight is 181 g/mol. The van der Waals surface area contributed by atoms with Crippen molar-refractivity contribution in [3.63, 3.8) is 0 Å². The van der Waals surface area contributed by atoms with E-state index in [1.54, 1.807) is 6.20 Å². The Labute approximate surface area is 77.2 Å². The van der Waals surface area contributed by atoms with E-state index in [0.29, 0.717) is 4.99 Å². The highest BCUT2D eigenvalue weighted by Gasteiger charge is 2.06. The molecule has 0 aliphatic rings. The number of pyridine rings is 1. The van der Waals surface area contributed by atoms with Crippen molar-refractivity contribution >= 4 is 23.0 Å². The van der Waals surface area contributed by atoms with Gasteiger partial charge in [-0.25, -0.2) is 4.98 Å². The number of rotatable bonds is 2. The van der Waals surface area contributed by atoms with Crippen LogP contribution >= 0.6 is 12.2 Å². The van der Waals surface area contributed by atoms with Gasteiger partial charge in [-0.1, -0.05) is 12.2 Å². The minimum atomic E-state index is 0.381. The Morgan fingerprint density at radius 3 is 2.67 bits per heavy atom. The van der Waals surface area contributed by atoms with Gasteiger partial charge in [0.05, 0.1) is 5.56 Å². The summed E-state index contributed by atoms with van der Waals surface area (Å²) >= 11 is 4.88. The van der Waals surface area contributed by atoms with Crippen molar-refractivity contribution in [2.75, 3.05) is 19.0 Å². The summed E-state index contributed by atoms with van der Waals surface area (Å²) < 4.78 is 0. The number of hydrogen-bond donors (Lipinski definition) is 1. The maximum atomic E-state index is 5.52. The predicted octanol–water partition coefficient (Wildman–Crippen LogP) is 0.782. The van der Waals surface area contributed by atoms with Crippen molar-refractivity contribution in [1.82, 2.24) is 4.98 Å². The molecule has 2 N–H and O–H groups in total. The number of thiocarbonyl (C=S) groups is 1. The number of nitrogens with zero attached hydrogens (tertiary/aromatic N) is 2. The number of hydrogen-bond acceptors (Lipinski definition) is 3. The smallest absolute Gasteiger partial charge is 0.138 e. The number of nitrogens with two attached hydrogens (primary N) is 1. The van der Waals surface area contributed by atoms with Gasteiger partial charge >= 0.3 is 0 Å². The highest BCUT2D eigenvalue weighted by molar-refractivity contribution is 7.80. The van der Waals surface area contributed by atoms with Crippen molar-refractivity contribution in [3.8, 4) is 0 Å². The molecular formula is C8H11N3S. The van der Waals surface area contributed by atoms with E-state index >= 15 is 0 Å². The third-order valence-corrected chi connectivity index (χ3v) is 1.70. The molecule has 0 fully saturated rings. The fraction of sp³-hybridized carbons (Fsp3) is 0.250. The second-order valence-corrected chi connectivity index (χ2v) is 3.07. The van der Waals surface area contributed by atoms with Gasteiger partial charge in [-0.05, 0) is 12.1 Å². The Morgan fingerprint density at radius 2 is 2.25 bits per heavy atom. The molecule has 0 aromatic carbocycles. The van der Waals surface area contributed by atoms with Crippen molar-refractivity contribution in [2.45, 2.75) is 0 Å². The highest BCUT2D eigenvalue weighted by Crippen LogP contribution is 2.13. The molecule has 1 aromatic heterocycles. The maximum absolute atomic E-state index is 5.52. The third-order valence-electron chi connectivity index (χ3n) is 1.48. The average Bonchev–Trinajstić information content (AvgIpc) is 2.04. The van der Waals surface area contributed by atoms with Gasteiger partial charge < -0.3 is 10.6 Å². The molecule has 1 rings (SSSR count). The molecule has 1 heterocycles. The van der Waals surface area contributed by atoms with Crippen LogP contribution in [0.4, 0.5) is 5.82 Å². The lowest BCUT2D eigenvalue weighted by Crippen LogP contribution is -2.18. The van der Waals surface area contributed by atoms with E-state index < -0.39 is 0 Å². The van der Waals surface area contributed by atoms with Gasteiger partial charge in [0.2, 0.25) is 0 Å². The van der Waals surface area contributed by atoms with Gasteiger partial charge in [0.25, 0.3) is 0 Å². The Bertz CT molecular complexity index is 296. The predicted molar refractivity (Wildman–Crippen MR) is 54.5 cm³/mol. The van der Waals surface area contributed by atoms with E-state index in [1.165, 1.54) is 0 Å². The summed E-state index contributed by atoms with van der Waals surface area (Å²) in [5.74, 6) is 0.810. The molecule has 0 bridgehead atoms. The zero-order valence-electron chi connectivity index (χ0n) is 7.11. The van der Waals surface area contributed by atoms with E-state index in [0.717, 1.165) is 11.4 Å². The first-order valence-corrected chi connectivity index (χ1v) is 3.96. The van der Waals surface area contributed by atoms with E-state index in [2.05, 4.69) is 4.98 Å². The fourth-order valence-electron chi connectivity index (χ4n) is 0.946. The first-order chi connectivity index (χ1) is 5.63. The van der Waals surface area contributed by atoms with Crippen molar-refractivity contribution in [1.29, 1.82) is 0 Å². The topological polar surface area (TPSA) is 42.2 Å². The van der Waals surface area contributed by atoms with Crippen LogP contribution in [0.2, 0.25) is 0 Å². The zero-order chi connectivity index (χ0) is 9.14. The molecule has 0 aliphatic heterocycles. The monoisotopic (exact) mass is 181 g/mol. The van der Waals surface area contributed by atoms with E-state index in [4.69, 9.17) is 18.0 Å². The first-order valence-electron chi connectivity index (χ1n) is 3.55. The lowest BCUT2D eigenvalue weighted by atomic mass is 10.2. The normalized spacial score (nSPS) is 9.50. The molecule has 0 unspecified atom stereocenters. The highest BCUT2D eigenvalue weighted by atomic mass is 32.1. The SMILES string of the molecule is CN(C)c1ncccc1C(N)=S. The lowest BCUT2D eigenvalue weighted by molar-refractivity contribution is 1.06. The van der Waals surface area contributed by atoms with Crippen LogP contribution in [-0.2, 0) is 0 Å².